The summed E-state index contributed by atoms with van der Waals surface area (Å²) in [5, 5.41) is 14.7. The number of aliphatic hydroxyl groups is 1. The van der Waals surface area contributed by atoms with Gasteiger partial charge in [-0.05, 0) is 31.0 Å². The summed E-state index contributed by atoms with van der Waals surface area (Å²) in [6, 6.07) is 5.86. The van der Waals surface area contributed by atoms with E-state index in [1.807, 2.05) is 36.7 Å². The van der Waals surface area contributed by atoms with Gasteiger partial charge in [0.1, 0.15) is 0 Å². The minimum atomic E-state index is -0.687. The van der Waals surface area contributed by atoms with Gasteiger partial charge in [-0.15, -0.1) is 0 Å². The number of rotatable bonds is 5. The Morgan fingerprint density at radius 3 is 2.39 bits per heavy atom. The third kappa shape index (κ3) is 2.59. The van der Waals surface area contributed by atoms with Gasteiger partial charge in [0.25, 0.3) is 0 Å². The molecule has 0 saturated carbocycles. The van der Waals surface area contributed by atoms with Crippen molar-refractivity contribution in [2.45, 2.75) is 38.8 Å². The van der Waals surface area contributed by atoms with Crippen LogP contribution in [0.4, 0.5) is 0 Å². The SMILES string of the molecule is CCC(O)(CC)Cn1nccc1-c1ccncc1. The lowest BCUT2D eigenvalue weighted by molar-refractivity contribution is 0.0123. The molecule has 0 unspecified atom stereocenters. The summed E-state index contributed by atoms with van der Waals surface area (Å²) in [6.45, 7) is 4.52. The fourth-order valence-electron chi connectivity index (χ4n) is 1.98. The second kappa shape index (κ2) is 5.31. The molecule has 0 amide bonds. The Bertz CT molecular complexity index is 489. The van der Waals surface area contributed by atoms with E-state index < -0.39 is 5.60 Å². The average molecular weight is 245 g/mol. The zero-order chi connectivity index (χ0) is 13.0. The van der Waals surface area contributed by atoms with Gasteiger partial charge in [-0.1, -0.05) is 13.8 Å². The molecular weight excluding hydrogens is 226 g/mol. The van der Waals surface area contributed by atoms with E-state index in [-0.39, 0.29) is 0 Å². The molecule has 4 nitrogen and oxygen atoms in total. The summed E-state index contributed by atoms with van der Waals surface area (Å²) in [5.41, 5.74) is 1.39. The Balaban J connectivity index is 2.29. The molecule has 4 heteroatoms. The minimum absolute atomic E-state index is 0.519. The number of aromatic nitrogens is 3. The summed E-state index contributed by atoms with van der Waals surface area (Å²) >= 11 is 0. The van der Waals surface area contributed by atoms with Crippen molar-refractivity contribution in [2.75, 3.05) is 0 Å². The fraction of sp³-hybridized carbons (Fsp3) is 0.429. The summed E-state index contributed by atoms with van der Waals surface area (Å²) in [7, 11) is 0. The van der Waals surface area contributed by atoms with E-state index in [0.717, 1.165) is 24.1 Å². The molecular formula is C14H19N3O. The summed E-state index contributed by atoms with van der Waals surface area (Å²) < 4.78 is 1.86. The molecule has 0 fully saturated rings. The van der Waals surface area contributed by atoms with Crippen LogP contribution in [0.2, 0.25) is 0 Å². The molecule has 0 aliphatic carbocycles. The molecule has 0 aliphatic rings. The van der Waals surface area contributed by atoms with Crippen LogP contribution in [0.25, 0.3) is 11.3 Å². The average Bonchev–Trinajstić information content (AvgIpc) is 2.87. The molecule has 96 valence electrons. The molecule has 0 aliphatic heterocycles. The fourth-order valence-corrected chi connectivity index (χ4v) is 1.98. The van der Waals surface area contributed by atoms with E-state index in [1.54, 1.807) is 18.6 Å². The highest BCUT2D eigenvalue weighted by molar-refractivity contribution is 5.58. The zero-order valence-electron chi connectivity index (χ0n) is 10.9. The van der Waals surface area contributed by atoms with E-state index >= 15 is 0 Å². The number of hydrogen-bond acceptors (Lipinski definition) is 3. The molecule has 2 heterocycles. The molecule has 18 heavy (non-hydrogen) atoms. The number of hydrogen-bond donors (Lipinski definition) is 1. The predicted octanol–water partition coefficient (Wildman–Crippen LogP) is 2.50. The van der Waals surface area contributed by atoms with Crippen molar-refractivity contribution in [3.05, 3.63) is 36.8 Å². The summed E-state index contributed by atoms with van der Waals surface area (Å²) in [4.78, 5) is 4.01. The van der Waals surface area contributed by atoms with Crippen LogP contribution in [0.5, 0.6) is 0 Å². The van der Waals surface area contributed by atoms with Crippen LogP contribution >= 0.6 is 0 Å². The third-order valence-corrected chi connectivity index (χ3v) is 3.45. The molecule has 0 atom stereocenters. The van der Waals surface area contributed by atoms with Crippen LogP contribution in [0.15, 0.2) is 36.8 Å². The molecule has 0 bridgehead atoms. The molecule has 0 saturated heterocycles. The standard InChI is InChI=1S/C14H19N3O/c1-3-14(18,4-2)11-17-13(7-10-16-17)12-5-8-15-9-6-12/h5-10,18H,3-4,11H2,1-2H3. The smallest absolute Gasteiger partial charge is 0.0837 e. The molecule has 2 aromatic rings. The third-order valence-electron chi connectivity index (χ3n) is 3.45. The van der Waals surface area contributed by atoms with E-state index in [9.17, 15) is 5.11 Å². The first-order valence-electron chi connectivity index (χ1n) is 6.33. The van der Waals surface area contributed by atoms with Crippen molar-refractivity contribution in [3.63, 3.8) is 0 Å². The van der Waals surface area contributed by atoms with E-state index in [2.05, 4.69) is 10.1 Å². The van der Waals surface area contributed by atoms with Crippen molar-refractivity contribution in [1.82, 2.24) is 14.8 Å². The highest BCUT2D eigenvalue weighted by Crippen LogP contribution is 2.22. The zero-order valence-corrected chi connectivity index (χ0v) is 10.9. The summed E-state index contributed by atoms with van der Waals surface area (Å²) in [6.07, 6.45) is 6.73. The maximum Gasteiger partial charge on any atom is 0.0837 e. The van der Waals surface area contributed by atoms with Gasteiger partial charge in [0.2, 0.25) is 0 Å². The lowest BCUT2D eigenvalue weighted by Gasteiger charge is -2.25. The first-order chi connectivity index (χ1) is 8.68. The quantitative estimate of drug-likeness (QED) is 0.880. The van der Waals surface area contributed by atoms with Crippen molar-refractivity contribution in [3.8, 4) is 11.3 Å². The van der Waals surface area contributed by atoms with Crippen molar-refractivity contribution < 1.29 is 5.11 Å². The second-order valence-electron chi connectivity index (χ2n) is 4.54. The Morgan fingerprint density at radius 2 is 1.78 bits per heavy atom. The number of nitrogens with zero attached hydrogens (tertiary/aromatic N) is 3. The van der Waals surface area contributed by atoms with Crippen molar-refractivity contribution in [2.24, 2.45) is 0 Å². The summed E-state index contributed by atoms with van der Waals surface area (Å²) in [5.74, 6) is 0. The van der Waals surface area contributed by atoms with Gasteiger partial charge in [0.05, 0.1) is 17.8 Å². The van der Waals surface area contributed by atoms with Crippen LogP contribution in [0, 0.1) is 0 Å². The molecule has 0 spiro atoms. The minimum Gasteiger partial charge on any atom is -0.388 e. The van der Waals surface area contributed by atoms with Crippen LogP contribution < -0.4 is 0 Å². The Hall–Kier alpha value is -1.68. The van der Waals surface area contributed by atoms with Gasteiger partial charge in [-0.3, -0.25) is 9.67 Å². The van der Waals surface area contributed by atoms with Gasteiger partial charge in [0, 0.05) is 24.2 Å². The Kier molecular flexibility index (Phi) is 3.77. The van der Waals surface area contributed by atoms with Gasteiger partial charge < -0.3 is 5.11 Å². The Morgan fingerprint density at radius 1 is 1.11 bits per heavy atom. The van der Waals surface area contributed by atoms with Crippen LogP contribution in [0.3, 0.4) is 0 Å². The Labute approximate surface area is 107 Å². The first kappa shape index (κ1) is 12.8. The van der Waals surface area contributed by atoms with Gasteiger partial charge in [-0.2, -0.15) is 5.10 Å². The molecule has 2 rings (SSSR count). The van der Waals surface area contributed by atoms with Gasteiger partial charge in [-0.25, -0.2) is 0 Å². The van der Waals surface area contributed by atoms with E-state index in [0.29, 0.717) is 6.54 Å². The maximum absolute atomic E-state index is 10.4. The van der Waals surface area contributed by atoms with Crippen LogP contribution in [-0.4, -0.2) is 25.5 Å². The van der Waals surface area contributed by atoms with E-state index in [4.69, 9.17) is 0 Å². The highest BCUT2D eigenvalue weighted by atomic mass is 16.3. The first-order valence-corrected chi connectivity index (χ1v) is 6.33. The molecule has 2 aromatic heterocycles. The van der Waals surface area contributed by atoms with Gasteiger partial charge in [0.15, 0.2) is 0 Å². The molecule has 0 radical (unpaired) electrons. The number of pyridine rings is 1. The topological polar surface area (TPSA) is 50.9 Å². The molecule has 0 aromatic carbocycles. The van der Waals surface area contributed by atoms with Crippen LogP contribution in [0.1, 0.15) is 26.7 Å². The monoisotopic (exact) mass is 245 g/mol. The van der Waals surface area contributed by atoms with Crippen LogP contribution in [-0.2, 0) is 6.54 Å². The predicted molar refractivity (Wildman–Crippen MR) is 71.0 cm³/mol. The highest BCUT2D eigenvalue weighted by Gasteiger charge is 2.24. The normalized spacial score (nSPS) is 11.7. The lowest BCUT2D eigenvalue weighted by Crippen LogP contribution is -2.33. The lowest BCUT2D eigenvalue weighted by atomic mass is 9.97. The largest absolute Gasteiger partial charge is 0.388 e. The van der Waals surface area contributed by atoms with Gasteiger partial charge >= 0.3 is 0 Å². The maximum atomic E-state index is 10.4. The van der Waals surface area contributed by atoms with E-state index in [1.165, 1.54) is 0 Å². The van der Waals surface area contributed by atoms with Crippen molar-refractivity contribution in [1.29, 1.82) is 0 Å². The molecule has 1 N–H and O–H groups in total. The second-order valence-corrected chi connectivity index (χ2v) is 4.54. The van der Waals surface area contributed by atoms with Crippen molar-refractivity contribution >= 4 is 0 Å².